The number of aromatic nitrogens is 2. The van der Waals surface area contributed by atoms with E-state index in [1.807, 2.05) is 0 Å². The maximum absolute atomic E-state index is 13.2. The molecule has 0 radical (unpaired) electrons. The van der Waals surface area contributed by atoms with Gasteiger partial charge in [0.15, 0.2) is 9.84 Å². The van der Waals surface area contributed by atoms with Crippen molar-refractivity contribution < 1.29 is 30.4 Å². The smallest absolute Gasteiger partial charge is 0.300 e. The van der Waals surface area contributed by atoms with Gasteiger partial charge in [-0.25, -0.2) is 17.2 Å². The van der Waals surface area contributed by atoms with E-state index in [4.69, 9.17) is 0 Å². The van der Waals surface area contributed by atoms with E-state index in [2.05, 4.69) is 10.00 Å². The van der Waals surface area contributed by atoms with Gasteiger partial charge in [-0.15, -0.1) is 0 Å². The van der Waals surface area contributed by atoms with Crippen molar-refractivity contribution >= 4 is 9.84 Å². The van der Waals surface area contributed by atoms with Crippen LogP contribution in [0.15, 0.2) is 6.07 Å². The summed E-state index contributed by atoms with van der Waals surface area (Å²) in [4.78, 5) is 2.40. The second-order valence-corrected chi connectivity index (χ2v) is 11.6. The molecule has 1 aromatic rings. The van der Waals surface area contributed by atoms with Crippen LogP contribution in [0.3, 0.4) is 0 Å². The molecule has 11 heteroatoms. The molecule has 0 amide bonds. The van der Waals surface area contributed by atoms with E-state index >= 15 is 0 Å². The lowest BCUT2D eigenvalue weighted by Gasteiger charge is -2.48. The summed E-state index contributed by atoms with van der Waals surface area (Å²) in [5.74, 6) is 1.04. The average molecular weight is 453 g/mol. The average Bonchev–Trinajstić information content (AvgIpc) is 2.94. The fourth-order valence-electron chi connectivity index (χ4n) is 6.19. The third kappa shape index (κ3) is 3.55. The normalized spacial score (nSPS) is 34.9. The fraction of sp³-hybridized carbons (Fsp3) is 0.842. The molecule has 3 heterocycles. The van der Waals surface area contributed by atoms with Gasteiger partial charge < -0.3 is 4.90 Å². The predicted octanol–water partition coefficient (Wildman–Crippen LogP) is 3.17. The van der Waals surface area contributed by atoms with Gasteiger partial charge >= 0.3 is 6.18 Å². The molecule has 30 heavy (non-hydrogen) atoms. The van der Waals surface area contributed by atoms with Crippen LogP contribution >= 0.6 is 0 Å². The summed E-state index contributed by atoms with van der Waals surface area (Å²) in [5.41, 5.74) is -0.852. The van der Waals surface area contributed by atoms with E-state index < -0.39 is 34.7 Å². The van der Waals surface area contributed by atoms with E-state index in [-0.39, 0.29) is 28.9 Å². The van der Waals surface area contributed by atoms with Crippen molar-refractivity contribution in [3.63, 3.8) is 0 Å². The number of nitrogens with zero attached hydrogens (tertiary/aromatic N) is 3. The molecule has 168 valence electrons. The molecular formula is C19H24F5N3O2S. The van der Waals surface area contributed by atoms with Crippen LogP contribution < -0.4 is 0 Å². The maximum Gasteiger partial charge on any atom is 0.433 e. The van der Waals surface area contributed by atoms with Crippen molar-refractivity contribution in [1.82, 2.24) is 14.7 Å². The number of alkyl halides is 5. The van der Waals surface area contributed by atoms with E-state index in [1.54, 1.807) is 0 Å². The lowest BCUT2D eigenvalue weighted by Crippen LogP contribution is -2.55. The molecular weight excluding hydrogens is 429 g/mol. The number of hydrogen-bond donors (Lipinski definition) is 0. The molecule has 0 N–H and O–H groups in total. The van der Waals surface area contributed by atoms with Crippen LogP contribution in [-0.2, 0) is 22.6 Å². The van der Waals surface area contributed by atoms with Crippen LogP contribution in [0.25, 0.3) is 0 Å². The van der Waals surface area contributed by atoms with Crippen molar-refractivity contribution in [2.45, 2.75) is 56.8 Å². The molecule has 0 aromatic carbocycles. The highest BCUT2D eigenvalue weighted by Gasteiger charge is 2.59. The SMILES string of the molecule is O=S1(=O)CC2(CCN([C@H]3C[C@@H]4[C@H](C3)[C@H]4c3cc(C(F)(F)F)n(CC(F)F)n3)CC2)C1. The molecule has 2 saturated carbocycles. The number of fused-ring (bicyclic) bond motifs is 1. The Morgan fingerprint density at radius 3 is 2.23 bits per heavy atom. The van der Waals surface area contributed by atoms with Crippen LogP contribution in [0.2, 0.25) is 0 Å². The Bertz CT molecular complexity index is 910. The largest absolute Gasteiger partial charge is 0.433 e. The summed E-state index contributed by atoms with van der Waals surface area (Å²) in [5, 5.41) is 3.90. The summed E-state index contributed by atoms with van der Waals surface area (Å²) in [7, 11) is -2.84. The number of likely N-dealkylation sites (tertiary alicyclic amines) is 1. The first-order valence-electron chi connectivity index (χ1n) is 10.3. The zero-order valence-electron chi connectivity index (χ0n) is 16.3. The predicted molar refractivity (Wildman–Crippen MR) is 97.9 cm³/mol. The molecule has 1 spiro atoms. The lowest BCUT2D eigenvalue weighted by molar-refractivity contribution is -0.144. The Labute approximate surface area is 171 Å². The molecule has 5 rings (SSSR count). The Morgan fingerprint density at radius 1 is 1.13 bits per heavy atom. The third-order valence-corrected chi connectivity index (χ3v) is 9.69. The van der Waals surface area contributed by atoms with Crippen LogP contribution in [0.4, 0.5) is 22.0 Å². The minimum absolute atomic E-state index is 0.0368. The minimum atomic E-state index is -4.70. The first kappa shape index (κ1) is 20.7. The number of halogens is 5. The van der Waals surface area contributed by atoms with E-state index in [9.17, 15) is 30.4 Å². The van der Waals surface area contributed by atoms with Crippen LogP contribution in [-0.4, -0.2) is 60.2 Å². The lowest BCUT2D eigenvalue weighted by atomic mass is 9.80. The van der Waals surface area contributed by atoms with Crippen molar-refractivity contribution in [2.75, 3.05) is 24.6 Å². The van der Waals surface area contributed by atoms with E-state index in [1.165, 1.54) is 0 Å². The topological polar surface area (TPSA) is 55.2 Å². The van der Waals surface area contributed by atoms with Gasteiger partial charge in [0.25, 0.3) is 6.43 Å². The summed E-state index contributed by atoms with van der Waals surface area (Å²) >= 11 is 0. The van der Waals surface area contributed by atoms with Gasteiger partial charge in [0.2, 0.25) is 0 Å². The first-order chi connectivity index (χ1) is 14.0. The molecule has 1 aromatic heterocycles. The van der Waals surface area contributed by atoms with Gasteiger partial charge in [-0.05, 0) is 56.7 Å². The highest BCUT2D eigenvalue weighted by molar-refractivity contribution is 7.92. The van der Waals surface area contributed by atoms with Crippen molar-refractivity contribution in [3.05, 3.63) is 17.5 Å². The second-order valence-electron chi connectivity index (χ2n) is 9.57. The zero-order chi connectivity index (χ0) is 21.5. The zero-order valence-corrected chi connectivity index (χ0v) is 17.1. The summed E-state index contributed by atoms with van der Waals surface area (Å²) in [6, 6.07) is 1.32. The van der Waals surface area contributed by atoms with Crippen molar-refractivity contribution in [2.24, 2.45) is 17.3 Å². The van der Waals surface area contributed by atoms with Gasteiger partial charge in [0.05, 0.1) is 17.2 Å². The van der Waals surface area contributed by atoms with E-state index in [0.717, 1.165) is 44.8 Å². The van der Waals surface area contributed by atoms with Gasteiger partial charge in [-0.2, -0.15) is 18.3 Å². The second kappa shape index (κ2) is 6.63. The van der Waals surface area contributed by atoms with E-state index in [0.29, 0.717) is 22.2 Å². The number of piperidine rings is 1. The maximum atomic E-state index is 13.2. The number of hydrogen-bond acceptors (Lipinski definition) is 4. The van der Waals surface area contributed by atoms with Crippen LogP contribution in [0.5, 0.6) is 0 Å². The standard InChI is InChI=1S/C19H24F5N3O2S/c20-16(21)8-27-15(19(22,23)24)7-14(25-27)17-12-5-11(6-13(12)17)26-3-1-18(2-4-26)9-30(28,29)10-18/h7,11-13,16-17H,1-6,8-10H2/t11-,12+,13-,17-. The molecule has 2 aliphatic heterocycles. The summed E-state index contributed by atoms with van der Waals surface area (Å²) in [6.07, 6.45) is -4.07. The van der Waals surface area contributed by atoms with Crippen LogP contribution in [0.1, 0.15) is 43.0 Å². The molecule has 4 atom stereocenters. The summed E-state index contributed by atoms with van der Waals surface area (Å²) in [6.45, 7) is 0.682. The first-order valence-corrected chi connectivity index (χ1v) is 12.2. The monoisotopic (exact) mass is 453 g/mol. The Balaban J connectivity index is 1.20. The molecule has 4 aliphatic rings. The molecule has 0 unspecified atom stereocenters. The number of sulfone groups is 1. The number of rotatable bonds is 4. The van der Waals surface area contributed by atoms with Gasteiger partial charge in [-0.3, -0.25) is 4.68 Å². The Kier molecular flexibility index (Phi) is 4.57. The van der Waals surface area contributed by atoms with Crippen molar-refractivity contribution in [3.8, 4) is 0 Å². The summed E-state index contributed by atoms with van der Waals surface area (Å²) < 4.78 is 88.3. The Hall–Kier alpha value is -1.23. The molecule has 2 saturated heterocycles. The third-order valence-electron chi connectivity index (χ3n) is 7.59. The Morgan fingerprint density at radius 2 is 1.73 bits per heavy atom. The minimum Gasteiger partial charge on any atom is -0.300 e. The van der Waals surface area contributed by atoms with Crippen molar-refractivity contribution in [1.29, 1.82) is 0 Å². The molecule has 0 bridgehead atoms. The molecule has 5 nitrogen and oxygen atoms in total. The van der Waals surface area contributed by atoms with Crippen LogP contribution in [0, 0.1) is 17.3 Å². The molecule has 4 fully saturated rings. The fourth-order valence-corrected chi connectivity index (χ4v) is 8.55. The van der Waals surface area contributed by atoms with Gasteiger partial charge in [-0.1, -0.05) is 0 Å². The van der Waals surface area contributed by atoms with Gasteiger partial charge in [0, 0.05) is 17.4 Å². The van der Waals surface area contributed by atoms with Gasteiger partial charge in [0.1, 0.15) is 12.2 Å². The molecule has 2 aliphatic carbocycles. The quantitative estimate of drug-likeness (QED) is 0.658. The highest BCUT2D eigenvalue weighted by atomic mass is 32.2. The highest BCUT2D eigenvalue weighted by Crippen LogP contribution is 2.64.